The van der Waals surface area contributed by atoms with E-state index < -0.39 is 0 Å². The molecule has 0 N–H and O–H groups in total. The Morgan fingerprint density at radius 1 is 1.17 bits per heavy atom. The van der Waals surface area contributed by atoms with E-state index in [4.69, 9.17) is 4.98 Å². The zero-order valence-corrected chi connectivity index (χ0v) is 17.9. The third-order valence-corrected chi connectivity index (χ3v) is 6.69. The summed E-state index contributed by atoms with van der Waals surface area (Å²) in [6.07, 6.45) is 3.20. The molecule has 7 heteroatoms. The van der Waals surface area contributed by atoms with Crippen LogP contribution < -0.4 is 0 Å². The van der Waals surface area contributed by atoms with Crippen LogP contribution in [0.4, 0.5) is 0 Å². The van der Waals surface area contributed by atoms with E-state index in [0.29, 0.717) is 16.7 Å². The first-order valence-electron chi connectivity index (χ1n) is 10.2. The molecule has 1 amide bonds. The Hall–Kier alpha value is -2.93. The summed E-state index contributed by atoms with van der Waals surface area (Å²) in [4.78, 5) is 24.3. The number of rotatable bonds is 4. The number of fused-ring (bicyclic) bond motifs is 4. The standard InChI is InChI=1S/C23H23N5OS/c1-15-24-22-18-11-5-6-12-19(18)25-23(28(22)26-15)30-14-21(29)27(2)20-13-7-9-16-8-3-4-10-17(16)20/h3-6,8,10-12,20H,7,9,13-14H2,1-2H3/t20-/m1/s1. The van der Waals surface area contributed by atoms with E-state index in [-0.39, 0.29) is 11.9 Å². The number of thioether (sulfide) groups is 1. The van der Waals surface area contributed by atoms with Gasteiger partial charge in [-0.15, -0.1) is 5.10 Å². The van der Waals surface area contributed by atoms with Crippen LogP contribution in [0.15, 0.2) is 53.7 Å². The molecule has 0 fully saturated rings. The zero-order chi connectivity index (χ0) is 20.7. The summed E-state index contributed by atoms with van der Waals surface area (Å²) in [5, 5.41) is 6.16. The molecule has 4 aromatic rings. The van der Waals surface area contributed by atoms with Crippen LogP contribution >= 0.6 is 11.8 Å². The summed E-state index contributed by atoms with van der Waals surface area (Å²) < 4.78 is 1.76. The number of amides is 1. The fourth-order valence-electron chi connectivity index (χ4n) is 4.26. The molecule has 1 aliphatic rings. The first-order valence-corrected chi connectivity index (χ1v) is 11.2. The SMILES string of the molecule is Cc1nc2c3ccccc3nc(SCC(=O)N(C)[C@@H]3CCCc4ccccc43)n2n1. The first kappa shape index (κ1) is 19.1. The largest absolute Gasteiger partial charge is 0.338 e. The second kappa shape index (κ2) is 7.72. The van der Waals surface area contributed by atoms with Gasteiger partial charge in [-0.25, -0.2) is 9.97 Å². The molecule has 6 nitrogen and oxygen atoms in total. The lowest BCUT2D eigenvalue weighted by molar-refractivity contribution is -0.129. The highest BCUT2D eigenvalue weighted by Crippen LogP contribution is 2.34. The molecule has 0 bridgehead atoms. The fourth-order valence-corrected chi connectivity index (χ4v) is 5.13. The van der Waals surface area contributed by atoms with Gasteiger partial charge in [-0.1, -0.05) is 48.2 Å². The molecule has 1 atom stereocenters. The third-order valence-electron chi connectivity index (χ3n) is 5.78. The van der Waals surface area contributed by atoms with E-state index in [9.17, 15) is 4.79 Å². The van der Waals surface area contributed by atoms with Gasteiger partial charge in [-0.05, 0) is 49.4 Å². The number of nitrogens with zero attached hydrogens (tertiary/aromatic N) is 5. The zero-order valence-electron chi connectivity index (χ0n) is 17.1. The molecule has 0 saturated carbocycles. The van der Waals surface area contributed by atoms with E-state index in [1.165, 1.54) is 22.9 Å². The van der Waals surface area contributed by atoms with Crippen LogP contribution in [0.25, 0.3) is 16.6 Å². The Morgan fingerprint density at radius 3 is 2.87 bits per heavy atom. The van der Waals surface area contributed by atoms with Gasteiger partial charge in [-0.3, -0.25) is 4.79 Å². The normalized spacial score (nSPS) is 16.0. The van der Waals surface area contributed by atoms with E-state index in [1.54, 1.807) is 4.52 Å². The Morgan fingerprint density at radius 2 is 1.97 bits per heavy atom. The molecule has 5 rings (SSSR count). The molecule has 152 valence electrons. The highest BCUT2D eigenvalue weighted by molar-refractivity contribution is 7.99. The number of para-hydroxylation sites is 1. The highest BCUT2D eigenvalue weighted by atomic mass is 32.2. The predicted octanol–water partition coefficient (Wildman–Crippen LogP) is 4.21. The van der Waals surface area contributed by atoms with Crippen LogP contribution in [0.2, 0.25) is 0 Å². The Balaban J connectivity index is 1.40. The number of hydrogen-bond donors (Lipinski definition) is 0. The van der Waals surface area contributed by atoms with Crippen LogP contribution in [0.5, 0.6) is 0 Å². The van der Waals surface area contributed by atoms with Gasteiger partial charge in [-0.2, -0.15) is 4.52 Å². The average Bonchev–Trinajstić information content (AvgIpc) is 3.18. The number of hydrogen-bond acceptors (Lipinski definition) is 5. The first-order chi connectivity index (χ1) is 14.6. The van der Waals surface area contributed by atoms with Crippen molar-refractivity contribution < 1.29 is 4.79 Å². The minimum absolute atomic E-state index is 0.0987. The number of carbonyl (C=O) groups is 1. The molecule has 2 aromatic heterocycles. The van der Waals surface area contributed by atoms with E-state index >= 15 is 0 Å². The molecule has 0 radical (unpaired) electrons. The topological polar surface area (TPSA) is 63.4 Å². The summed E-state index contributed by atoms with van der Waals surface area (Å²) >= 11 is 1.42. The van der Waals surface area contributed by atoms with Crippen molar-refractivity contribution in [2.45, 2.75) is 37.4 Å². The molecular weight excluding hydrogens is 394 g/mol. The minimum atomic E-state index is 0.0987. The summed E-state index contributed by atoms with van der Waals surface area (Å²) in [6, 6.07) is 16.5. The van der Waals surface area contributed by atoms with Crippen LogP contribution in [-0.2, 0) is 11.2 Å². The number of aromatic nitrogens is 4. The van der Waals surface area contributed by atoms with Gasteiger partial charge in [0.2, 0.25) is 5.91 Å². The maximum Gasteiger partial charge on any atom is 0.233 e. The molecule has 0 unspecified atom stereocenters. The Bertz CT molecular complexity index is 1250. The quantitative estimate of drug-likeness (QED) is 0.368. The molecule has 1 aliphatic carbocycles. The Kier molecular flexibility index (Phi) is 4.90. The summed E-state index contributed by atoms with van der Waals surface area (Å²) in [5.74, 6) is 1.10. The highest BCUT2D eigenvalue weighted by Gasteiger charge is 2.26. The van der Waals surface area contributed by atoms with Crippen molar-refractivity contribution in [2.24, 2.45) is 0 Å². The van der Waals surface area contributed by atoms with Gasteiger partial charge >= 0.3 is 0 Å². The predicted molar refractivity (Wildman–Crippen MR) is 119 cm³/mol. The minimum Gasteiger partial charge on any atom is -0.338 e. The van der Waals surface area contributed by atoms with Crippen molar-refractivity contribution in [3.05, 3.63) is 65.5 Å². The molecular formula is C23H23N5OS. The van der Waals surface area contributed by atoms with Gasteiger partial charge in [0.1, 0.15) is 5.82 Å². The third kappa shape index (κ3) is 3.33. The number of carbonyl (C=O) groups excluding carboxylic acids is 1. The second-order valence-corrected chi connectivity index (χ2v) is 8.65. The van der Waals surface area contributed by atoms with Gasteiger partial charge in [0.25, 0.3) is 0 Å². The molecule has 0 spiro atoms. The number of aryl methyl sites for hydroxylation is 2. The van der Waals surface area contributed by atoms with Crippen LogP contribution in [0.1, 0.15) is 35.8 Å². The lowest BCUT2D eigenvalue weighted by Crippen LogP contribution is -2.34. The fraction of sp³-hybridized carbons (Fsp3) is 0.304. The van der Waals surface area contributed by atoms with Crippen LogP contribution in [-0.4, -0.2) is 43.2 Å². The van der Waals surface area contributed by atoms with Crippen molar-refractivity contribution >= 4 is 34.2 Å². The lowest BCUT2D eigenvalue weighted by atomic mass is 9.87. The van der Waals surface area contributed by atoms with E-state index in [2.05, 4.69) is 34.3 Å². The van der Waals surface area contributed by atoms with Gasteiger partial charge in [0.15, 0.2) is 10.8 Å². The van der Waals surface area contributed by atoms with E-state index in [0.717, 1.165) is 35.8 Å². The van der Waals surface area contributed by atoms with Crippen molar-refractivity contribution in [3.63, 3.8) is 0 Å². The van der Waals surface area contributed by atoms with Gasteiger partial charge in [0.05, 0.1) is 17.3 Å². The summed E-state index contributed by atoms with van der Waals surface area (Å²) in [7, 11) is 1.92. The average molecular weight is 418 g/mol. The van der Waals surface area contributed by atoms with Crippen molar-refractivity contribution in [1.82, 2.24) is 24.5 Å². The van der Waals surface area contributed by atoms with Crippen molar-refractivity contribution in [3.8, 4) is 0 Å². The second-order valence-electron chi connectivity index (χ2n) is 7.71. The van der Waals surface area contributed by atoms with Crippen molar-refractivity contribution in [2.75, 3.05) is 12.8 Å². The van der Waals surface area contributed by atoms with Gasteiger partial charge < -0.3 is 4.90 Å². The van der Waals surface area contributed by atoms with Crippen LogP contribution in [0, 0.1) is 6.92 Å². The monoisotopic (exact) mass is 417 g/mol. The Labute approximate surface area is 179 Å². The molecule has 2 aromatic carbocycles. The summed E-state index contributed by atoms with van der Waals surface area (Å²) in [5.41, 5.74) is 4.28. The maximum absolute atomic E-state index is 13.1. The number of benzene rings is 2. The van der Waals surface area contributed by atoms with E-state index in [1.807, 2.05) is 43.1 Å². The molecule has 0 aliphatic heterocycles. The maximum atomic E-state index is 13.1. The smallest absolute Gasteiger partial charge is 0.233 e. The van der Waals surface area contributed by atoms with Gasteiger partial charge in [0, 0.05) is 12.4 Å². The molecule has 30 heavy (non-hydrogen) atoms. The summed E-state index contributed by atoms with van der Waals surface area (Å²) in [6.45, 7) is 1.87. The van der Waals surface area contributed by atoms with Crippen molar-refractivity contribution in [1.29, 1.82) is 0 Å². The lowest BCUT2D eigenvalue weighted by Gasteiger charge is -2.33. The molecule has 0 saturated heterocycles. The van der Waals surface area contributed by atoms with Crippen LogP contribution in [0.3, 0.4) is 0 Å². The molecule has 2 heterocycles.